The molecular weight excluding hydrogens is 385 g/mol. The van der Waals surface area contributed by atoms with Crippen molar-refractivity contribution in [3.05, 3.63) is 52.1 Å². The number of H-pyrrole nitrogens is 1. The number of carbonyl (C=O) groups is 2. The number of hydrogen-bond donors (Lipinski definition) is 3. The Morgan fingerprint density at radius 3 is 2.97 bits per heavy atom. The second-order valence-electron chi connectivity index (χ2n) is 7.24. The minimum Gasteiger partial charge on any atom is -0.462 e. The lowest BCUT2D eigenvalue weighted by Crippen LogP contribution is -2.18. The van der Waals surface area contributed by atoms with E-state index < -0.39 is 11.8 Å². The highest BCUT2D eigenvalue weighted by Crippen LogP contribution is 2.37. The van der Waals surface area contributed by atoms with Crippen LogP contribution < -0.4 is 10.6 Å². The molecule has 7 heteroatoms. The van der Waals surface area contributed by atoms with Crippen LogP contribution in [0.3, 0.4) is 0 Å². The van der Waals surface area contributed by atoms with E-state index in [-0.39, 0.29) is 24.1 Å². The average Bonchev–Trinajstić information content (AvgIpc) is 3.43. The van der Waals surface area contributed by atoms with Gasteiger partial charge in [0, 0.05) is 17.5 Å². The maximum absolute atomic E-state index is 14.7. The van der Waals surface area contributed by atoms with Crippen LogP contribution in [0.4, 0.5) is 10.1 Å². The Morgan fingerprint density at radius 1 is 1.40 bits per heavy atom. The van der Waals surface area contributed by atoms with Crippen LogP contribution in [0.1, 0.15) is 52.5 Å². The normalized spacial score (nSPS) is 18.7. The Kier molecular flexibility index (Phi) is 5.42. The molecule has 1 amide bonds. The van der Waals surface area contributed by atoms with Crippen molar-refractivity contribution in [1.29, 1.82) is 0 Å². The summed E-state index contributed by atoms with van der Waals surface area (Å²) in [6, 6.07) is 2.87. The van der Waals surface area contributed by atoms with Gasteiger partial charge in [-0.3, -0.25) is 4.79 Å². The summed E-state index contributed by atoms with van der Waals surface area (Å²) in [5, 5.41) is 6.03. The van der Waals surface area contributed by atoms with Gasteiger partial charge in [-0.05, 0) is 57.0 Å². The third-order valence-electron chi connectivity index (χ3n) is 5.31. The number of anilines is 1. The van der Waals surface area contributed by atoms with Gasteiger partial charge in [0.2, 0.25) is 0 Å². The van der Waals surface area contributed by atoms with Crippen molar-refractivity contribution in [2.45, 2.75) is 32.7 Å². The number of aromatic nitrogens is 1. The molecule has 6 nitrogen and oxygen atoms in total. The molecule has 0 aliphatic carbocycles. The molecule has 1 atom stereocenters. The molecule has 154 valence electrons. The topological polar surface area (TPSA) is 83.2 Å². The van der Waals surface area contributed by atoms with E-state index in [0.717, 1.165) is 19.4 Å². The van der Waals surface area contributed by atoms with E-state index in [1.165, 1.54) is 12.1 Å². The highest BCUT2D eigenvalue weighted by molar-refractivity contribution is 6.35. The summed E-state index contributed by atoms with van der Waals surface area (Å²) in [7, 11) is 0. The Morgan fingerprint density at radius 2 is 2.23 bits per heavy atom. The molecule has 2 aliphatic rings. The van der Waals surface area contributed by atoms with Gasteiger partial charge in [-0.25, -0.2) is 9.18 Å². The minimum atomic E-state index is -0.475. The summed E-state index contributed by atoms with van der Waals surface area (Å²) in [5.74, 6) is 4.76. The molecule has 3 N–H and O–H groups in total. The fourth-order valence-electron chi connectivity index (χ4n) is 3.72. The SMILES string of the molecule is CCOC(=O)c1c[nH]c(/C=C2\C(=O)Nc3ccc(F)c(C#CC4CCCN4)c32)c1C. The van der Waals surface area contributed by atoms with E-state index in [9.17, 15) is 14.0 Å². The lowest BCUT2D eigenvalue weighted by molar-refractivity contribution is -0.110. The maximum Gasteiger partial charge on any atom is 0.339 e. The highest BCUT2D eigenvalue weighted by Gasteiger charge is 2.29. The number of hydrogen-bond acceptors (Lipinski definition) is 4. The number of esters is 1. The van der Waals surface area contributed by atoms with Gasteiger partial charge in [0.25, 0.3) is 5.91 Å². The number of fused-ring (bicyclic) bond motifs is 1. The summed E-state index contributed by atoms with van der Waals surface area (Å²) in [6.07, 6.45) is 5.12. The number of nitrogens with one attached hydrogen (secondary N) is 3. The van der Waals surface area contributed by atoms with Gasteiger partial charge in [-0.2, -0.15) is 0 Å². The van der Waals surface area contributed by atoms with Crippen LogP contribution in [0, 0.1) is 24.6 Å². The van der Waals surface area contributed by atoms with Crippen molar-refractivity contribution in [2.75, 3.05) is 18.5 Å². The van der Waals surface area contributed by atoms with Crippen LogP contribution in [0.5, 0.6) is 0 Å². The van der Waals surface area contributed by atoms with E-state index in [4.69, 9.17) is 4.74 Å². The third-order valence-corrected chi connectivity index (χ3v) is 5.31. The minimum absolute atomic E-state index is 0.0236. The van der Waals surface area contributed by atoms with Crippen LogP contribution in [0.15, 0.2) is 18.3 Å². The molecule has 4 rings (SSSR count). The first-order valence-corrected chi connectivity index (χ1v) is 9.95. The number of benzene rings is 1. The zero-order valence-electron chi connectivity index (χ0n) is 16.8. The van der Waals surface area contributed by atoms with Gasteiger partial charge >= 0.3 is 5.97 Å². The second-order valence-corrected chi connectivity index (χ2v) is 7.24. The molecule has 0 saturated carbocycles. The second kappa shape index (κ2) is 8.17. The van der Waals surface area contributed by atoms with Crippen LogP contribution in [-0.2, 0) is 9.53 Å². The molecule has 1 aromatic heterocycles. The number of carbonyl (C=O) groups excluding carboxylic acids is 2. The zero-order valence-corrected chi connectivity index (χ0v) is 16.8. The quantitative estimate of drug-likeness (QED) is 0.414. The van der Waals surface area contributed by atoms with Crippen molar-refractivity contribution in [3.8, 4) is 11.8 Å². The Hall–Kier alpha value is -3.37. The number of aromatic amines is 1. The zero-order chi connectivity index (χ0) is 21.3. The fraction of sp³-hybridized carbons (Fsp3) is 0.304. The first kappa shape index (κ1) is 19.9. The Labute approximate surface area is 173 Å². The number of halogens is 1. The lowest BCUT2D eigenvalue weighted by atomic mass is 9.98. The van der Waals surface area contributed by atoms with Crippen molar-refractivity contribution < 1.29 is 18.7 Å². The first-order valence-electron chi connectivity index (χ1n) is 9.95. The van der Waals surface area contributed by atoms with E-state index in [2.05, 4.69) is 27.5 Å². The molecular formula is C23H22FN3O3. The van der Waals surface area contributed by atoms with E-state index >= 15 is 0 Å². The largest absolute Gasteiger partial charge is 0.462 e. The molecule has 0 radical (unpaired) electrons. The van der Waals surface area contributed by atoms with Gasteiger partial charge < -0.3 is 20.4 Å². The number of rotatable bonds is 3. The molecule has 1 unspecified atom stereocenters. The molecule has 30 heavy (non-hydrogen) atoms. The lowest BCUT2D eigenvalue weighted by Gasteiger charge is -2.05. The first-order chi connectivity index (χ1) is 14.5. The standard InChI is InChI=1S/C23H22FN3O3/c1-3-30-23(29)17-12-26-20(13(17)2)11-16-21-15(7-6-14-5-4-10-25-14)18(24)8-9-19(21)27-22(16)28/h8-9,11-12,14,25-26H,3-5,10H2,1-2H3,(H,27,28)/b16-11-. The van der Waals surface area contributed by atoms with E-state index in [1.54, 1.807) is 26.1 Å². The fourth-order valence-corrected chi connectivity index (χ4v) is 3.72. The summed E-state index contributed by atoms with van der Waals surface area (Å²) < 4.78 is 19.7. The van der Waals surface area contributed by atoms with Gasteiger partial charge in [-0.1, -0.05) is 11.8 Å². The predicted octanol–water partition coefficient (Wildman–Crippen LogP) is 3.24. The van der Waals surface area contributed by atoms with Crippen LogP contribution >= 0.6 is 0 Å². The molecule has 1 saturated heterocycles. The monoisotopic (exact) mass is 407 g/mol. The molecule has 0 bridgehead atoms. The third kappa shape index (κ3) is 3.62. The average molecular weight is 407 g/mol. The van der Waals surface area contributed by atoms with Crippen molar-refractivity contribution >= 4 is 29.2 Å². The number of ether oxygens (including phenoxy) is 1. The molecule has 1 fully saturated rings. The molecule has 2 aromatic rings. The summed E-state index contributed by atoms with van der Waals surface area (Å²) >= 11 is 0. The Bertz CT molecular complexity index is 1110. The summed E-state index contributed by atoms with van der Waals surface area (Å²) in [6.45, 7) is 4.67. The summed E-state index contributed by atoms with van der Waals surface area (Å²) in [5.41, 5.74) is 3.09. The van der Waals surface area contributed by atoms with E-state index in [1.807, 2.05) is 0 Å². The van der Waals surface area contributed by atoms with Crippen molar-refractivity contribution in [1.82, 2.24) is 10.3 Å². The highest BCUT2D eigenvalue weighted by atomic mass is 19.1. The van der Waals surface area contributed by atoms with Crippen molar-refractivity contribution in [2.24, 2.45) is 0 Å². The number of amides is 1. The van der Waals surface area contributed by atoms with Gasteiger partial charge in [0.15, 0.2) is 0 Å². The van der Waals surface area contributed by atoms with Crippen LogP contribution in [0.25, 0.3) is 11.6 Å². The van der Waals surface area contributed by atoms with Gasteiger partial charge in [0.1, 0.15) is 5.82 Å². The van der Waals surface area contributed by atoms with Crippen molar-refractivity contribution in [3.63, 3.8) is 0 Å². The van der Waals surface area contributed by atoms with Gasteiger partial charge in [0.05, 0.1) is 35.0 Å². The van der Waals surface area contributed by atoms with Crippen LogP contribution in [-0.4, -0.2) is 36.1 Å². The molecule has 2 aliphatic heterocycles. The predicted molar refractivity (Wildman–Crippen MR) is 112 cm³/mol. The maximum atomic E-state index is 14.7. The molecule has 3 heterocycles. The molecule has 0 spiro atoms. The summed E-state index contributed by atoms with van der Waals surface area (Å²) in [4.78, 5) is 27.7. The van der Waals surface area contributed by atoms with E-state index in [0.29, 0.717) is 33.6 Å². The smallest absolute Gasteiger partial charge is 0.339 e. The Balaban J connectivity index is 1.77. The van der Waals surface area contributed by atoms with Gasteiger partial charge in [-0.15, -0.1) is 0 Å². The van der Waals surface area contributed by atoms with Crippen LogP contribution in [0.2, 0.25) is 0 Å². The molecule has 1 aromatic carbocycles.